The molecule has 5 nitrogen and oxygen atoms in total. The Kier molecular flexibility index (Phi) is 10.5. The second-order valence-electron chi connectivity index (χ2n) is 13.0. The zero-order chi connectivity index (χ0) is 33.2. The van der Waals surface area contributed by atoms with Crippen LogP contribution in [0.5, 0.6) is 11.5 Å². The van der Waals surface area contributed by atoms with Crippen LogP contribution in [0.15, 0.2) is 97.2 Å². The van der Waals surface area contributed by atoms with E-state index in [1.165, 1.54) is 42.2 Å². The van der Waals surface area contributed by atoms with Crippen LogP contribution in [0.25, 0.3) is 44.4 Å². The van der Waals surface area contributed by atoms with E-state index in [2.05, 4.69) is 112 Å². The van der Waals surface area contributed by atoms with Gasteiger partial charge in [0.1, 0.15) is 5.82 Å². The number of aromatic nitrogens is 4. The fourth-order valence-corrected chi connectivity index (χ4v) is 6.73. The molecule has 0 saturated carbocycles. The molecule has 250 valence electrons. The van der Waals surface area contributed by atoms with E-state index in [1.807, 2.05) is 41.2 Å². The van der Waals surface area contributed by atoms with Gasteiger partial charge in [0, 0.05) is 34.5 Å². The first-order valence-electron chi connectivity index (χ1n) is 17.2. The molecule has 0 aliphatic carbocycles. The number of ether oxygens (including phenoxy) is 1. The Labute approximate surface area is 304 Å². The Hall–Kier alpha value is -4.47. The van der Waals surface area contributed by atoms with Crippen LogP contribution in [0.4, 0.5) is 0 Å². The summed E-state index contributed by atoms with van der Waals surface area (Å²) in [6.07, 6.45) is 8.00. The van der Waals surface area contributed by atoms with E-state index >= 15 is 0 Å². The molecule has 0 spiro atoms. The van der Waals surface area contributed by atoms with Crippen LogP contribution in [-0.2, 0) is 27.5 Å². The Morgan fingerprint density at radius 3 is 2.41 bits per heavy atom. The molecule has 0 fully saturated rings. The van der Waals surface area contributed by atoms with Gasteiger partial charge in [-0.3, -0.25) is 4.68 Å². The first kappa shape index (κ1) is 34.4. The third-order valence-electron chi connectivity index (χ3n) is 9.25. The fourth-order valence-electron chi connectivity index (χ4n) is 6.73. The maximum atomic E-state index is 6.47. The number of aryl methyl sites for hydroxylation is 2. The number of benzene rings is 4. The summed E-state index contributed by atoms with van der Waals surface area (Å²) < 4.78 is 10.6. The molecule has 0 radical (unpaired) electrons. The van der Waals surface area contributed by atoms with Gasteiger partial charge >= 0.3 is 21.1 Å². The molecule has 0 amide bonds. The molecule has 4 aromatic carbocycles. The number of unbranched alkanes of at least 4 members (excludes halogenated alkanes) is 3. The van der Waals surface area contributed by atoms with Crippen molar-refractivity contribution in [3.05, 3.63) is 132 Å². The smallest absolute Gasteiger partial charge is 0.509 e. The summed E-state index contributed by atoms with van der Waals surface area (Å²) in [5.41, 5.74) is 9.84. The second kappa shape index (κ2) is 15.0. The summed E-state index contributed by atoms with van der Waals surface area (Å²) in [6.45, 7) is 10.8. The molecular formula is C43H42N4OPt. The molecule has 7 aromatic rings. The Bertz CT molecular complexity index is 2210. The maximum Gasteiger partial charge on any atom is 2.00 e. The zero-order valence-electron chi connectivity index (χ0n) is 28.9. The molecule has 6 heteroatoms. The predicted molar refractivity (Wildman–Crippen MR) is 197 cm³/mol. The van der Waals surface area contributed by atoms with E-state index in [-0.39, 0.29) is 21.1 Å². The summed E-state index contributed by atoms with van der Waals surface area (Å²) in [5, 5.41) is 7.23. The van der Waals surface area contributed by atoms with Gasteiger partial charge in [-0.05, 0) is 78.6 Å². The van der Waals surface area contributed by atoms with Crippen LogP contribution in [0, 0.1) is 26.0 Å². The van der Waals surface area contributed by atoms with E-state index < -0.39 is 0 Å². The summed E-state index contributed by atoms with van der Waals surface area (Å²) in [7, 11) is 0. The molecule has 0 atom stereocenters. The summed E-state index contributed by atoms with van der Waals surface area (Å²) in [4.78, 5) is 4.84. The average molecular weight is 826 g/mol. The third kappa shape index (κ3) is 7.00. The number of hydrogen-bond acceptors (Lipinski definition) is 3. The first-order valence-corrected chi connectivity index (χ1v) is 17.2. The van der Waals surface area contributed by atoms with Gasteiger partial charge in [0.15, 0.2) is 0 Å². The van der Waals surface area contributed by atoms with Gasteiger partial charge in [-0.1, -0.05) is 88.0 Å². The summed E-state index contributed by atoms with van der Waals surface area (Å²) in [5.74, 6) is 2.51. The Morgan fingerprint density at radius 2 is 1.61 bits per heavy atom. The molecule has 0 aliphatic rings. The van der Waals surface area contributed by atoms with Crippen molar-refractivity contribution < 1.29 is 25.8 Å². The quantitative estimate of drug-likeness (QED) is 0.0964. The van der Waals surface area contributed by atoms with Crippen LogP contribution in [-0.4, -0.2) is 19.3 Å². The van der Waals surface area contributed by atoms with Crippen molar-refractivity contribution in [2.75, 3.05) is 0 Å². The van der Waals surface area contributed by atoms with E-state index in [4.69, 9.17) is 14.8 Å². The van der Waals surface area contributed by atoms with E-state index in [1.54, 1.807) is 0 Å². The molecule has 0 unspecified atom stereocenters. The monoisotopic (exact) mass is 825 g/mol. The van der Waals surface area contributed by atoms with Crippen LogP contribution < -0.4 is 4.74 Å². The van der Waals surface area contributed by atoms with Crippen molar-refractivity contribution in [2.45, 2.75) is 72.6 Å². The van der Waals surface area contributed by atoms with Gasteiger partial charge in [0.2, 0.25) is 0 Å². The normalized spacial score (nSPS) is 11.4. The van der Waals surface area contributed by atoms with Gasteiger partial charge in [0.05, 0.1) is 5.69 Å². The van der Waals surface area contributed by atoms with Gasteiger partial charge in [-0.25, -0.2) is 4.98 Å². The van der Waals surface area contributed by atoms with Crippen LogP contribution in [0.3, 0.4) is 0 Å². The number of pyridine rings is 1. The van der Waals surface area contributed by atoms with Crippen molar-refractivity contribution in [3.63, 3.8) is 0 Å². The predicted octanol–water partition coefficient (Wildman–Crippen LogP) is 11.3. The molecule has 49 heavy (non-hydrogen) atoms. The summed E-state index contributed by atoms with van der Waals surface area (Å²) in [6, 6.07) is 38.7. The maximum absolute atomic E-state index is 6.47. The van der Waals surface area contributed by atoms with E-state index in [9.17, 15) is 0 Å². The van der Waals surface area contributed by atoms with Crippen molar-refractivity contribution in [1.29, 1.82) is 0 Å². The number of hydrogen-bond donors (Lipinski definition) is 0. The third-order valence-corrected chi connectivity index (χ3v) is 9.25. The molecule has 0 aliphatic heterocycles. The number of nitrogens with zero attached hydrogens (tertiary/aromatic N) is 4. The zero-order valence-corrected chi connectivity index (χ0v) is 31.1. The Morgan fingerprint density at radius 1 is 0.796 bits per heavy atom. The van der Waals surface area contributed by atoms with E-state index in [0.29, 0.717) is 17.4 Å². The largest absolute Gasteiger partial charge is 2.00 e. The topological polar surface area (TPSA) is 44.9 Å². The van der Waals surface area contributed by atoms with Gasteiger partial charge in [0.25, 0.3) is 0 Å². The van der Waals surface area contributed by atoms with Crippen LogP contribution in [0.1, 0.15) is 74.9 Å². The number of fused-ring (bicyclic) bond motifs is 3. The molecule has 0 N–H and O–H groups in total. The van der Waals surface area contributed by atoms with Crippen molar-refractivity contribution in [1.82, 2.24) is 19.3 Å². The van der Waals surface area contributed by atoms with Crippen molar-refractivity contribution in [3.8, 4) is 34.1 Å². The van der Waals surface area contributed by atoms with Gasteiger partial charge in [-0.2, -0.15) is 17.2 Å². The molecule has 0 saturated heterocycles. The Balaban J connectivity index is 0.00000417. The minimum Gasteiger partial charge on any atom is -0.509 e. The molecular weight excluding hydrogens is 784 g/mol. The standard InChI is InChI=1S/C43H42N4O.Pt/c1-6-7-8-10-14-32-19-22-40-39(25-32)38-21-20-37(28-41(38)46(40)42-26-34(29(2)3)23-24-44-42)48-36-18-13-17-35(27-36)47-31(5)43(30(4)45-47)33-15-11-9-12-16-33;/h9,11-13,15-26,29H,6-8,10,14H2,1-5H3;/q-2;+2. The van der Waals surface area contributed by atoms with Crippen molar-refractivity contribution in [2.24, 2.45) is 0 Å². The molecule has 3 heterocycles. The van der Waals surface area contributed by atoms with Gasteiger partial charge < -0.3 is 9.30 Å². The minimum absolute atomic E-state index is 0. The molecule has 0 bridgehead atoms. The average Bonchev–Trinajstić information content (AvgIpc) is 3.59. The second-order valence-corrected chi connectivity index (χ2v) is 13.0. The first-order chi connectivity index (χ1) is 23.4. The van der Waals surface area contributed by atoms with Gasteiger partial charge in [-0.15, -0.1) is 35.7 Å². The van der Waals surface area contributed by atoms with Crippen molar-refractivity contribution >= 4 is 21.8 Å². The molecule has 7 rings (SSSR count). The fraction of sp³-hybridized carbons (Fsp3) is 0.256. The van der Waals surface area contributed by atoms with Crippen LogP contribution in [0.2, 0.25) is 0 Å². The summed E-state index contributed by atoms with van der Waals surface area (Å²) >= 11 is 0. The molecule has 3 aromatic heterocycles. The minimum atomic E-state index is 0. The number of rotatable bonds is 11. The van der Waals surface area contributed by atoms with E-state index in [0.717, 1.165) is 56.9 Å². The SMILES string of the molecule is CCCCCCc1ccc2c(c1)c1ccc(Oc3[c-]c(-n4nc(C)c(-c5ccccc5)c4C)ccc3)[c-]c1n2-c1cc(C(C)C)ccn1.[Pt+2]. The van der Waals surface area contributed by atoms with Crippen LogP contribution >= 0.6 is 0 Å².